The van der Waals surface area contributed by atoms with Crippen molar-refractivity contribution in [3.63, 3.8) is 0 Å². The van der Waals surface area contributed by atoms with Gasteiger partial charge in [-0.05, 0) is 49.7 Å². The zero-order chi connectivity index (χ0) is 22.7. The van der Waals surface area contributed by atoms with Crippen LogP contribution in [-0.4, -0.2) is 27.2 Å². The van der Waals surface area contributed by atoms with Crippen molar-refractivity contribution >= 4 is 34.0 Å². The second-order valence-corrected chi connectivity index (χ2v) is 8.05. The Morgan fingerprint density at radius 2 is 1.88 bits per heavy atom. The maximum absolute atomic E-state index is 13.2. The van der Waals surface area contributed by atoms with Crippen LogP contribution in [0.5, 0.6) is 0 Å². The first-order valence-corrected chi connectivity index (χ1v) is 10.8. The Labute approximate surface area is 191 Å². The molecule has 0 fully saturated rings. The van der Waals surface area contributed by atoms with Crippen molar-refractivity contribution in [2.75, 3.05) is 11.4 Å². The van der Waals surface area contributed by atoms with Gasteiger partial charge in [0.1, 0.15) is 6.54 Å². The molecule has 162 valence electrons. The number of halogens is 1. The Kier molecular flexibility index (Phi) is 6.32. The van der Waals surface area contributed by atoms with Crippen molar-refractivity contribution < 1.29 is 4.79 Å². The molecular formula is C25H23ClN4O2. The Morgan fingerprint density at radius 1 is 1.09 bits per heavy atom. The van der Waals surface area contributed by atoms with E-state index in [1.807, 2.05) is 50.2 Å². The van der Waals surface area contributed by atoms with Crippen LogP contribution in [0.1, 0.15) is 23.7 Å². The zero-order valence-electron chi connectivity index (χ0n) is 18.0. The predicted molar refractivity (Wildman–Crippen MR) is 127 cm³/mol. The summed E-state index contributed by atoms with van der Waals surface area (Å²) in [6.45, 7) is 4.22. The van der Waals surface area contributed by atoms with E-state index < -0.39 is 0 Å². The fraction of sp³-hybridized carbons (Fsp3) is 0.200. The number of likely N-dealkylation sites (N-methyl/N-ethyl adjacent to an activating group) is 1. The summed E-state index contributed by atoms with van der Waals surface area (Å²) < 4.78 is 1.24. The van der Waals surface area contributed by atoms with Crippen molar-refractivity contribution in [2.45, 2.75) is 26.8 Å². The summed E-state index contributed by atoms with van der Waals surface area (Å²) in [5, 5.41) is 6.20. The molecule has 1 amide bonds. The molecule has 7 heteroatoms. The molecule has 0 bridgehead atoms. The van der Waals surface area contributed by atoms with Crippen molar-refractivity contribution in [2.24, 2.45) is 0 Å². The number of fused-ring (bicyclic) bond motifs is 1. The van der Waals surface area contributed by atoms with Crippen LogP contribution < -0.4 is 10.5 Å². The number of hydrogen-bond acceptors (Lipinski definition) is 4. The van der Waals surface area contributed by atoms with Crippen molar-refractivity contribution in [1.29, 1.82) is 0 Å². The smallest absolute Gasteiger partial charge is 0.275 e. The average molecular weight is 447 g/mol. The molecule has 4 aromatic rings. The van der Waals surface area contributed by atoms with E-state index in [4.69, 9.17) is 11.6 Å². The third-order valence-electron chi connectivity index (χ3n) is 5.34. The minimum atomic E-state index is -0.342. The minimum Gasteiger partial charge on any atom is -0.311 e. The third kappa shape index (κ3) is 4.55. The quantitative estimate of drug-likeness (QED) is 0.440. The van der Waals surface area contributed by atoms with E-state index >= 15 is 0 Å². The molecule has 2 aromatic carbocycles. The highest BCUT2D eigenvalue weighted by molar-refractivity contribution is 6.31. The molecule has 0 spiro atoms. The molecule has 6 nitrogen and oxygen atoms in total. The monoisotopic (exact) mass is 446 g/mol. The van der Waals surface area contributed by atoms with Gasteiger partial charge in [0.15, 0.2) is 0 Å². The van der Waals surface area contributed by atoms with Crippen LogP contribution >= 0.6 is 11.6 Å². The molecule has 2 heterocycles. The van der Waals surface area contributed by atoms with Gasteiger partial charge in [0.05, 0.1) is 11.1 Å². The predicted octanol–water partition coefficient (Wildman–Crippen LogP) is 4.40. The number of hydrogen-bond donors (Lipinski definition) is 0. The number of aryl methyl sites for hydroxylation is 1. The van der Waals surface area contributed by atoms with E-state index in [1.54, 1.807) is 35.5 Å². The molecule has 0 N–H and O–H groups in total. The lowest BCUT2D eigenvalue weighted by atomic mass is 10.1. The zero-order valence-corrected chi connectivity index (χ0v) is 18.7. The van der Waals surface area contributed by atoms with Crippen LogP contribution in [-0.2, 0) is 17.8 Å². The van der Waals surface area contributed by atoms with Crippen LogP contribution in [0.2, 0.25) is 5.02 Å². The summed E-state index contributed by atoms with van der Waals surface area (Å²) in [6.07, 6.45) is 3.95. The lowest BCUT2D eigenvalue weighted by molar-refractivity contribution is -0.119. The Balaban J connectivity index is 1.74. The van der Waals surface area contributed by atoms with Gasteiger partial charge in [0, 0.05) is 41.5 Å². The maximum atomic E-state index is 13.2. The molecule has 0 aliphatic heterocycles. The summed E-state index contributed by atoms with van der Waals surface area (Å²) in [7, 11) is 0. The van der Waals surface area contributed by atoms with Gasteiger partial charge in [-0.15, -0.1) is 0 Å². The summed E-state index contributed by atoms with van der Waals surface area (Å²) in [5.74, 6) is -0.209. The highest BCUT2D eigenvalue weighted by Crippen LogP contribution is 2.21. The molecule has 0 radical (unpaired) electrons. The van der Waals surface area contributed by atoms with E-state index in [0.29, 0.717) is 29.1 Å². The molecule has 0 atom stereocenters. The van der Waals surface area contributed by atoms with Gasteiger partial charge in [0.2, 0.25) is 5.91 Å². The van der Waals surface area contributed by atoms with Gasteiger partial charge in [0.25, 0.3) is 5.56 Å². The Hall–Kier alpha value is -3.51. The first-order chi connectivity index (χ1) is 15.5. The minimum absolute atomic E-state index is 0.164. The first kappa shape index (κ1) is 21.7. The molecule has 0 saturated carbocycles. The van der Waals surface area contributed by atoms with Gasteiger partial charge in [-0.1, -0.05) is 41.4 Å². The normalized spacial score (nSPS) is 11.0. The maximum Gasteiger partial charge on any atom is 0.275 e. The second-order valence-electron chi connectivity index (χ2n) is 7.61. The van der Waals surface area contributed by atoms with Gasteiger partial charge < -0.3 is 4.90 Å². The number of amides is 1. The molecule has 0 aliphatic rings. The molecular weight excluding hydrogens is 424 g/mol. The number of carbonyl (C=O) groups excluding carboxylic acids is 1. The number of rotatable bonds is 6. The van der Waals surface area contributed by atoms with Crippen molar-refractivity contribution in [3.8, 4) is 0 Å². The highest BCUT2D eigenvalue weighted by Gasteiger charge is 2.18. The van der Waals surface area contributed by atoms with Crippen LogP contribution in [0.3, 0.4) is 0 Å². The van der Waals surface area contributed by atoms with E-state index in [1.165, 1.54) is 4.68 Å². The number of carbonyl (C=O) groups is 1. The highest BCUT2D eigenvalue weighted by atomic mass is 35.5. The molecule has 4 rings (SSSR count). The number of aromatic nitrogens is 3. The largest absolute Gasteiger partial charge is 0.311 e. The standard InChI is InChI=1S/C25H23ClN4O2/c1-3-29(20-9-6-17(2)7-10-20)24(31)16-30-25(32)22-14-19(26)8-11-21(22)23(28-30)13-18-5-4-12-27-15-18/h4-12,14-15H,3,13,16H2,1-2H3. The molecule has 0 aliphatic carbocycles. The number of benzene rings is 2. The summed E-state index contributed by atoms with van der Waals surface area (Å²) in [4.78, 5) is 32.1. The van der Waals surface area contributed by atoms with Gasteiger partial charge in [-0.2, -0.15) is 5.10 Å². The Morgan fingerprint density at radius 3 is 2.56 bits per heavy atom. The van der Waals surface area contributed by atoms with Gasteiger partial charge in [-0.3, -0.25) is 14.6 Å². The lowest BCUT2D eigenvalue weighted by Gasteiger charge is -2.22. The van der Waals surface area contributed by atoms with Crippen LogP contribution in [0.4, 0.5) is 5.69 Å². The van der Waals surface area contributed by atoms with Gasteiger partial charge in [-0.25, -0.2) is 4.68 Å². The number of anilines is 1. The Bertz CT molecular complexity index is 1320. The summed E-state index contributed by atoms with van der Waals surface area (Å²) in [6, 6.07) is 16.7. The fourth-order valence-corrected chi connectivity index (χ4v) is 3.88. The van der Waals surface area contributed by atoms with Crippen molar-refractivity contribution in [1.82, 2.24) is 14.8 Å². The lowest BCUT2D eigenvalue weighted by Crippen LogP contribution is -2.37. The SMILES string of the molecule is CCN(C(=O)Cn1nc(Cc2cccnc2)c2ccc(Cl)cc2c1=O)c1ccc(C)cc1. The summed E-state index contributed by atoms with van der Waals surface area (Å²) in [5.41, 5.74) is 3.21. The third-order valence-corrected chi connectivity index (χ3v) is 5.58. The average Bonchev–Trinajstić information content (AvgIpc) is 2.79. The van der Waals surface area contributed by atoms with E-state index in [9.17, 15) is 9.59 Å². The molecule has 2 aromatic heterocycles. The molecule has 32 heavy (non-hydrogen) atoms. The summed E-state index contributed by atoms with van der Waals surface area (Å²) >= 11 is 6.17. The number of pyridine rings is 1. The second kappa shape index (κ2) is 9.32. The van der Waals surface area contributed by atoms with E-state index in [2.05, 4.69) is 10.1 Å². The topological polar surface area (TPSA) is 68.1 Å². The van der Waals surface area contributed by atoms with Crippen LogP contribution in [0, 0.1) is 6.92 Å². The molecule has 0 saturated heterocycles. The fourth-order valence-electron chi connectivity index (χ4n) is 3.70. The van der Waals surface area contributed by atoms with Crippen molar-refractivity contribution in [3.05, 3.63) is 99.2 Å². The van der Waals surface area contributed by atoms with E-state index in [-0.39, 0.29) is 18.0 Å². The van der Waals surface area contributed by atoms with E-state index in [0.717, 1.165) is 22.2 Å². The van der Waals surface area contributed by atoms with Gasteiger partial charge >= 0.3 is 0 Å². The molecule has 0 unspecified atom stereocenters. The number of nitrogens with zero attached hydrogens (tertiary/aromatic N) is 4. The van der Waals surface area contributed by atoms with Crippen LogP contribution in [0.25, 0.3) is 10.8 Å². The first-order valence-electron chi connectivity index (χ1n) is 10.4. The van der Waals surface area contributed by atoms with Crippen LogP contribution in [0.15, 0.2) is 71.8 Å².